The van der Waals surface area contributed by atoms with Crippen LogP contribution in [0.2, 0.25) is 0 Å². The van der Waals surface area contributed by atoms with Gasteiger partial charge in [0.2, 0.25) is 11.8 Å². The molecule has 1 saturated heterocycles. The Labute approximate surface area is 126 Å². The molecule has 0 spiro atoms. The highest BCUT2D eigenvalue weighted by molar-refractivity contribution is 6.20. The molecule has 0 atom stereocenters. The number of furan rings is 1. The Morgan fingerprint density at radius 1 is 1.14 bits per heavy atom. The lowest BCUT2D eigenvalue weighted by Crippen LogP contribution is -2.29. The molecule has 2 aromatic rings. The van der Waals surface area contributed by atoms with Crippen molar-refractivity contribution in [3.63, 3.8) is 0 Å². The zero-order valence-electron chi connectivity index (χ0n) is 11.7. The largest absolute Gasteiger partial charge is 0.467 e. The van der Waals surface area contributed by atoms with Crippen molar-refractivity contribution in [2.75, 3.05) is 4.90 Å². The van der Waals surface area contributed by atoms with Gasteiger partial charge in [-0.2, -0.15) is 0 Å². The van der Waals surface area contributed by atoms with E-state index in [1.54, 1.807) is 36.4 Å². The van der Waals surface area contributed by atoms with Gasteiger partial charge in [-0.1, -0.05) is 6.07 Å². The third-order valence-electron chi connectivity index (χ3n) is 3.42. The highest BCUT2D eigenvalue weighted by atomic mass is 16.3. The molecule has 6 nitrogen and oxygen atoms in total. The van der Waals surface area contributed by atoms with Crippen molar-refractivity contribution in [3.8, 4) is 0 Å². The summed E-state index contributed by atoms with van der Waals surface area (Å²) in [5.41, 5.74) is 0.815. The fourth-order valence-corrected chi connectivity index (χ4v) is 2.33. The first kappa shape index (κ1) is 14.1. The quantitative estimate of drug-likeness (QED) is 0.874. The lowest BCUT2D eigenvalue weighted by molar-refractivity contribution is -0.121. The summed E-state index contributed by atoms with van der Waals surface area (Å²) >= 11 is 0. The molecule has 0 bridgehead atoms. The summed E-state index contributed by atoms with van der Waals surface area (Å²) in [5, 5.41) is 2.72. The van der Waals surface area contributed by atoms with Gasteiger partial charge in [-0.15, -0.1) is 0 Å². The number of hydrogen-bond donors (Lipinski definition) is 1. The summed E-state index contributed by atoms with van der Waals surface area (Å²) in [6.07, 6.45) is 1.97. The molecule has 1 fully saturated rings. The minimum absolute atomic E-state index is 0.216. The SMILES string of the molecule is O=C(NCc1ccco1)c1cccc(N2C(=O)CCC2=O)c1. The number of hydrogen-bond acceptors (Lipinski definition) is 4. The average molecular weight is 298 g/mol. The van der Waals surface area contributed by atoms with E-state index in [1.165, 1.54) is 6.26 Å². The monoisotopic (exact) mass is 298 g/mol. The molecule has 1 N–H and O–H groups in total. The normalized spacial score (nSPS) is 14.5. The van der Waals surface area contributed by atoms with E-state index in [0.717, 1.165) is 4.90 Å². The van der Waals surface area contributed by atoms with Crippen LogP contribution in [-0.4, -0.2) is 17.7 Å². The predicted molar refractivity (Wildman–Crippen MR) is 78.0 cm³/mol. The summed E-state index contributed by atoms with van der Waals surface area (Å²) in [6.45, 7) is 0.275. The molecule has 0 saturated carbocycles. The van der Waals surface area contributed by atoms with Crippen LogP contribution in [0.15, 0.2) is 47.1 Å². The summed E-state index contributed by atoms with van der Waals surface area (Å²) in [4.78, 5) is 36.7. The van der Waals surface area contributed by atoms with Gasteiger partial charge in [0, 0.05) is 18.4 Å². The fraction of sp³-hybridized carbons (Fsp3) is 0.188. The first-order chi connectivity index (χ1) is 10.6. The Balaban J connectivity index is 1.74. The molecule has 2 heterocycles. The first-order valence-electron chi connectivity index (χ1n) is 6.91. The van der Waals surface area contributed by atoms with Gasteiger partial charge in [-0.25, -0.2) is 0 Å². The van der Waals surface area contributed by atoms with Crippen molar-refractivity contribution < 1.29 is 18.8 Å². The zero-order valence-corrected chi connectivity index (χ0v) is 11.7. The minimum Gasteiger partial charge on any atom is -0.467 e. The number of carbonyl (C=O) groups excluding carboxylic acids is 3. The van der Waals surface area contributed by atoms with Crippen LogP contribution in [0, 0.1) is 0 Å². The van der Waals surface area contributed by atoms with Gasteiger partial charge in [0.05, 0.1) is 18.5 Å². The van der Waals surface area contributed by atoms with Crippen molar-refractivity contribution >= 4 is 23.4 Å². The highest BCUT2D eigenvalue weighted by Gasteiger charge is 2.30. The summed E-state index contributed by atoms with van der Waals surface area (Å²) < 4.78 is 5.14. The van der Waals surface area contributed by atoms with Crippen molar-refractivity contribution in [1.82, 2.24) is 5.32 Å². The van der Waals surface area contributed by atoms with Gasteiger partial charge in [0.25, 0.3) is 5.91 Å². The van der Waals surface area contributed by atoms with Crippen LogP contribution >= 0.6 is 0 Å². The molecule has 1 aliphatic rings. The smallest absolute Gasteiger partial charge is 0.251 e. The number of anilines is 1. The van der Waals surface area contributed by atoms with E-state index in [2.05, 4.69) is 5.32 Å². The lowest BCUT2D eigenvalue weighted by Gasteiger charge is -2.14. The molecule has 22 heavy (non-hydrogen) atoms. The maximum absolute atomic E-state index is 12.1. The molecular formula is C16H14N2O4. The average Bonchev–Trinajstić information content (AvgIpc) is 3.15. The molecule has 3 amide bonds. The molecule has 0 unspecified atom stereocenters. The number of benzene rings is 1. The van der Waals surface area contributed by atoms with Gasteiger partial charge in [0.1, 0.15) is 5.76 Å². The van der Waals surface area contributed by atoms with E-state index in [4.69, 9.17) is 4.42 Å². The fourth-order valence-electron chi connectivity index (χ4n) is 2.33. The molecule has 0 radical (unpaired) electrons. The minimum atomic E-state index is -0.294. The van der Waals surface area contributed by atoms with Gasteiger partial charge < -0.3 is 9.73 Å². The van der Waals surface area contributed by atoms with Crippen molar-refractivity contribution in [3.05, 3.63) is 54.0 Å². The number of amides is 3. The first-order valence-corrected chi connectivity index (χ1v) is 6.91. The maximum atomic E-state index is 12.1. The van der Waals surface area contributed by atoms with E-state index in [9.17, 15) is 14.4 Å². The number of carbonyl (C=O) groups is 3. The Kier molecular flexibility index (Phi) is 3.74. The van der Waals surface area contributed by atoms with Crippen LogP contribution in [0.4, 0.5) is 5.69 Å². The van der Waals surface area contributed by atoms with Gasteiger partial charge in [-0.3, -0.25) is 19.3 Å². The number of imide groups is 1. The Hall–Kier alpha value is -2.89. The molecule has 6 heteroatoms. The third-order valence-corrected chi connectivity index (χ3v) is 3.42. The van der Waals surface area contributed by atoms with E-state index >= 15 is 0 Å². The predicted octanol–water partition coefficient (Wildman–Crippen LogP) is 1.86. The second-order valence-corrected chi connectivity index (χ2v) is 4.94. The van der Waals surface area contributed by atoms with Crippen molar-refractivity contribution in [2.45, 2.75) is 19.4 Å². The molecule has 1 aliphatic heterocycles. The molecule has 1 aromatic carbocycles. The molecular weight excluding hydrogens is 284 g/mol. The Morgan fingerprint density at radius 2 is 1.91 bits per heavy atom. The summed E-state index contributed by atoms with van der Waals surface area (Å²) in [6, 6.07) is 9.97. The third kappa shape index (κ3) is 2.76. The topological polar surface area (TPSA) is 79.6 Å². The second kappa shape index (κ2) is 5.85. The zero-order chi connectivity index (χ0) is 15.5. The Bertz CT molecular complexity index is 706. The number of nitrogens with zero attached hydrogens (tertiary/aromatic N) is 1. The highest BCUT2D eigenvalue weighted by Crippen LogP contribution is 2.23. The van der Waals surface area contributed by atoms with E-state index < -0.39 is 0 Å². The van der Waals surface area contributed by atoms with Crippen LogP contribution in [0.25, 0.3) is 0 Å². The van der Waals surface area contributed by atoms with E-state index in [1.807, 2.05) is 0 Å². The van der Waals surface area contributed by atoms with Gasteiger partial charge >= 0.3 is 0 Å². The second-order valence-electron chi connectivity index (χ2n) is 4.94. The standard InChI is InChI=1S/C16H14N2O4/c19-14-6-7-15(20)18(14)12-4-1-3-11(9-12)16(21)17-10-13-5-2-8-22-13/h1-5,8-9H,6-7,10H2,(H,17,21). The van der Waals surface area contributed by atoms with Crippen LogP contribution in [0.5, 0.6) is 0 Å². The van der Waals surface area contributed by atoms with E-state index in [-0.39, 0.29) is 37.1 Å². The maximum Gasteiger partial charge on any atom is 0.251 e. The van der Waals surface area contributed by atoms with Crippen LogP contribution in [0.3, 0.4) is 0 Å². The van der Waals surface area contributed by atoms with Crippen LogP contribution in [-0.2, 0) is 16.1 Å². The van der Waals surface area contributed by atoms with Gasteiger partial charge in [0.15, 0.2) is 0 Å². The van der Waals surface area contributed by atoms with Crippen LogP contribution < -0.4 is 10.2 Å². The molecule has 0 aliphatic carbocycles. The van der Waals surface area contributed by atoms with Gasteiger partial charge in [-0.05, 0) is 30.3 Å². The lowest BCUT2D eigenvalue weighted by atomic mass is 10.1. The van der Waals surface area contributed by atoms with Crippen molar-refractivity contribution in [1.29, 1.82) is 0 Å². The number of rotatable bonds is 4. The Morgan fingerprint density at radius 3 is 2.59 bits per heavy atom. The summed E-state index contributed by atoms with van der Waals surface area (Å²) in [5.74, 6) is -0.122. The molecule has 112 valence electrons. The van der Waals surface area contributed by atoms with Crippen molar-refractivity contribution in [2.24, 2.45) is 0 Å². The summed E-state index contributed by atoms with van der Waals surface area (Å²) in [7, 11) is 0. The molecule has 1 aromatic heterocycles. The molecule has 3 rings (SSSR count). The van der Waals surface area contributed by atoms with E-state index in [0.29, 0.717) is 17.0 Å². The number of nitrogens with one attached hydrogen (secondary N) is 1. The van der Waals surface area contributed by atoms with Crippen LogP contribution in [0.1, 0.15) is 29.0 Å².